The van der Waals surface area contributed by atoms with Crippen molar-refractivity contribution in [2.75, 3.05) is 42.9 Å². The van der Waals surface area contributed by atoms with Gasteiger partial charge in [-0.05, 0) is 26.0 Å². The minimum absolute atomic E-state index is 0.00559. The summed E-state index contributed by atoms with van der Waals surface area (Å²) in [5.74, 6) is 0.00559. The van der Waals surface area contributed by atoms with Crippen LogP contribution in [0, 0.1) is 13.8 Å². The molecule has 1 aliphatic heterocycles. The lowest BCUT2D eigenvalue weighted by Crippen LogP contribution is -2.48. The summed E-state index contributed by atoms with van der Waals surface area (Å²) in [5, 5.41) is 11.0. The maximum absolute atomic E-state index is 12.3. The highest BCUT2D eigenvalue weighted by atomic mass is 32.1. The van der Waals surface area contributed by atoms with Crippen molar-refractivity contribution >= 4 is 38.3 Å². The molecule has 2 N–H and O–H groups in total. The summed E-state index contributed by atoms with van der Waals surface area (Å²) in [5.41, 5.74) is 3.55. The molecule has 4 rings (SSSR count). The molecule has 0 unspecified atom stereocenters. The Balaban J connectivity index is 1.32. The maximum atomic E-state index is 12.3. The predicted octanol–water partition coefficient (Wildman–Crippen LogP) is 2.40. The van der Waals surface area contributed by atoms with Crippen LogP contribution in [0.3, 0.4) is 0 Å². The molecule has 0 bridgehead atoms. The van der Waals surface area contributed by atoms with Crippen LogP contribution in [0.4, 0.5) is 10.8 Å². The van der Waals surface area contributed by atoms with E-state index in [2.05, 4.69) is 37.4 Å². The van der Waals surface area contributed by atoms with E-state index in [0.29, 0.717) is 6.54 Å². The van der Waals surface area contributed by atoms with Crippen LogP contribution in [0.5, 0.6) is 0 Å². The van der Waals surface area contributed by atoms with Crippen molar-refractivity contribution in [3.05, 3.63) is 35.7 Å². The molecule has 136 valence electrons. The van der Waals surface area contributed by atoms with Gasteiger partial charge in [0.25, 0.3) is 0 Å². The Hall–Kier alpha value is -2.45. The summed E-state index contributed by atoms with van der Waals surface area (Å²) < 4.78 is 1.22. The van der Waals surface area contributed by atoms with Crippen LogP contribution in [0.2, 0.25) is 0 Å². The van der Waals surface area contributed by atoms with Crippen molar-refractivity contribution < 1.29 is 4.79 Å². The zero-order chi connectivity index (χ0) is 18.1. The first-order valence-corrected chi connectivity index (χ1v) is 9.56. The van der Waals surface area contributed by atoms with Gasteiger partial charge in [-0.3, -0.25) is 14.8 Å². The molecule has 1 fully saturated rings. The normalized spacial score (nSPS) is 15.5. The summed E-state index contributed by atoms with van der Waals surface area (Å²) in [6.45, 7) is 7.67. The van der Waals surface area contributed by atoms with Gasteiger partial charge in [-0.1, -0.05) is 23.5 Å². The second-order valence-corrected chi connectivity index (χ2v) is 7.59. The number of carbonyl (C=O) groups excluding carboxylic acids is 1. The van der Waals surface area contributed by atoms with Gasteiger partial charge in [0.2, 0.25) is 5.91 Å². The standard InChI is InChI=1S/C18H22N6OS/c1-12-17(13(2)22-21-12)20-16(25)11-23-7-9-24(10-8-23)18-19-14-5-3-4-6-15(14)26-18/h3-6H,7-11H2,1-2H3,(H,20,25)(H,21,22). The summed E-state index contributed by atoms with van der Waals surface area (Å²) in [6, 6.07) is 8.23. The minimum atomic E-state index is 0.00559. The third-order valence-corrected chi connectivity index (χ3v) is 5.78. The third-order valence-electron chi connectivity index (χ3n) is 4.69. The Labute approximate surface area is 156 Å². The van der Waals surface area contributed by atoms with E-state index in [9.17, 15) is 4.79 Å². The van der Waals surface area contributed by atoms with Gasteiger partial charge in [-0.2, -0.15) is 5.10 Å². The number of hydrogen-bond acceptors (Lipinski definition) is 6. The van der Waals surface area contributed by atoms with Crippen LogP contribution < -0.4 is 10.2 Å². The average molecular weight is 370 g/mol. The lowest BCUT2D eigenvalue weighted by molar-refractivity contribution is -0.117. The molecule has 0 radical (unpaired) electrons. The number of aromatic amines is 1. The van der Waals surface area contributed by atoms with Crippen LogP contribution in [0.25, 0.3) is 10.2 Å². The largest absolute Gasteiger partial charge is 0.345 e. The van der Waals surface area contributed by atoms with Crippen LogP contribution in [-0.4, -0.2) is 58.7 Å². The number of fused-ring (bicyclic) bond motifs is 1. The van der Waals surface area contributed by atoms with E-state index in [1.165, 1.54) is 4.70 Å². The number of anilines is 2. The number of rotatable bonds is 4. The SMILES string of the molecule is Cc1n[nH]c(C)c1NC(=O)CN1CCN(c2nc3ccccc3s2)CC1. The predicted molar refractivity (Wildman–Crippen MR) is 105 cm³/mol. The minimum Gasteiger partial charge on any atom is -0.345 e. The van der Waals surface area contributed by atoms with Crippen molar-refractivity contribution in [1.29, 1.82) is 0 Å². The van der Waals surface area contributed by atoms with Crippen molar-refractivity contribution in [2.45, 2.75) is 13.8 Å². The first kappa shape index (κ1) is 17.0. The highest BCUT2D eigenvalue weighted by Crippen LogP contribution is 2.29. The molecular weight excluding hydrogens is 348 g/mol. The molecule has 26 heavy (non-hydrogen) atoms. The lowest BCUT2D eigenvalue weighted by atomic mass is 10.3. The first-order valence-electron chi connectivity index (χ1n) is 8.74. The first-order chi connectivity index (χ1) is 12.6. The van der Waals surface area contributed by atoms with Crippen molar-refractivity contribution in [3.63, 3.8) is 0 Å². The number of nitrogens with zero attached hydrogens (tertiary/aromatic N) is 4. The van der Waals surface area contributed by atoms with Gasteiger partial charge in [0.1, 0.15) is 0 Å². The second-order valence-electron chi connectivity index (χ2n) is 6.58. The maximum Gasteiger partial charge on any atom is 0.238 e. The van der Waals surface area contributed by atoms with E-state index in [-0.39, 0.29) is 5.91 Å². The van der Waals surface area contributed by atoms with Crippen LogP contribution in [0.15, 0.2) is 24.3 Å². The number of para-hydroxylation sites is 1. The highest BCUT2D eigenvalue weighted by Gasteiger charge is 2.22. The molecule has 3 aromatic rings. The number of carbonyl (C=O) groups is 1. The van der Waals surface area contributed by atoms with Gasteiger partial charge >= 0.3 is 0 Å². The molecule has 7 nitrogen and oxygen atoms in total. The second kappa shape index (κ2) is 7.05. The lowest BCUT2D eigenvalue weighted by Gasteiger charge is -2.34. The van der Waals surface area contributed by atoms with Gasteiger partial charge in [-0.15, -0.1) is 0 Å². The van der Waals surface area contributed by atoms with Crippen molar-refractivity contribution in [3.8, 4) is 0 Å². The zero-order valence-electron chi connectivity index (χ0n) is 15.0. The van der Waals surface area contributed by atoms with Gasteiger partial charge < -0.3 is 10.2 Å². The average Bonchev–Trinajstić information content (AvgIpc) is 3.21. The van der Waals surface area contributed by atoms with Crippen LogP contribution >= 0.6 is 11.3 Å². The summed E-state index contributed by atoms with van der Waals surface area (Å²) in [7, 11) is 0. The van der Waals surface area contributed by atoms with Crippen LogP contribution in [0.1, 0.15) is 11.4 Å². The van der Waals surface area contributed by atoms with Gasteiger partial charge in [0, 0.05) is 26.2 Å². The topological polar surface area (TPSA) is 77.2 Å². The van der Waals surface area contributed by atoms with E-state index in [0.717, 1.165) is 53.9 Å². The Morgan fingerprint density at radius 3 is 2.69 bits per heavy atom. The fourth-order valence-electron chi connectivity index (χ4n) is 3.21. The molecule has 3 heterocycles. The van der Waals surface area contributed by atoms with Gasteiger partial charge in [-0.25, -0.2) is 4.98 Å². The smallest absolute Gasteiger partial charge is 0.238 e. The fraction of sp³-hybridized carbons (Fsp3) is 0.389. The summed E-state index contributed by atoms with van der Waals surface area (Å²) >= 11 is 1.73. The Morgan fingerprint density at radius 2 is 2.00 bits per heavy atom. The molecule has 0 atom stereocenters. The number of aryl methyl sites for hydroxylation is 2. The number of benzene rings is 1. The molecule has 8 heteroatoms. The van der Waals surface area contributed by atoms with E-state index >= 15 is 0 Å². The molecule has 1 aliphatic rings. The Bertz CT molecular complexity index is 872. The molecule has 0 saturated carbocycles. The number of aromatic nitrogens is 3. The number of thiazole rings is 1. The number of piperazine rings is 1. The molecule has 1 amide bonds. The van der Waals surface area contributed by atoms with E-state index < -0.39 is 0 Å². The van der Waals surface area contributed by atoms with E-state index in [4.69, 9.17) is 4.98 Å². The quantitative estimate of drug-likeness (QED) is 0.737. The number of hydrogen-bond donors (Lipinski definition) is 2. The Morgan fingerprint density at radius 1 is 1.23 bits per heavy atom. The molecule has 1 aromatic carbocycles. The van der Waals surface area contributed by atoms with Crippen molar-refractivity contribution in [1.82, 2.24) is 20.1 Å². The van der Waals surface area contributed by atoms with E-state index in [1.807, 2.05) is 26.0 Å². The van der Waals surface area contributed by atoms with E-state index in [1.54, 1.807) is 11.3 Å². The number of amides is 1. The zero-order valence-corrected chi connectivity index (χ0v) is 15.8. The van der Waals surface area contributed by atoms with Crippen molar-refractivity contribution in [2.24, 2.45) is 0 Å². The highest BCUT2D eigenvalue weighted by molar-refractivity contribution is 7.22. The molecule has 2 aromatic heterocycles. The molecule has 0 aliphatic carbocycles. The van der Waals surface area contributed by atoms with Gasteiger partial charge in [0.05, 0.1) is 33.8 Å². The number of H-pyrrole nitrogens is 1. The summed E-state index contributed by atoms with van der Waals surface area (Å²) in [4.78, 5) is 21.6. The third kappa shape index (κ3) is 3.42. The van der Waals surface area contributed by atoms with Gasteiger partial charge in [0.15, 0.2) is 5.13 Å². The molecular formula is C18H22N6OS. The summed E-state index contributed by atoms with van der Waals surface area (Å²) in [6.07, 6.45) is 0. The monoisotopic (exact) mass is 370 g/mol. The Kier molecular flexibility index (Phi) is 4.60. The van der Waals surface area contributed by atoms with Crippen LogP contribution in [-0.2, 0) is 4.79 Å². The molecule has 0 spiro atoms. The number of nitrogens with one attached hydrogen (secondary N) is 2. The fourth-order valence-corrected chi connectivity index (χ4v) is 4.23. The molecule has 1 saturated heterocycles.